The molecule has 0 aliphatic heterocycles. The number of ether oxygens (including phenoxy) is 2. The number of esters is 1. The zero-order valence-electron chi connectivity index (χ0n) is 13.6. The molecule has 0 spiro atoms. The molecule has 1 atom stereocenters. The monoisotopic (exact) mass is 361 g/mol. The third-order valence-corrected chi connectivity index (χ3v) is 4.00. The predicted molar refractivity (Wildman–Crippen MR) is 96.0 cm³/mol. The number of Topliss-reactive ketones (excluding diaryl/α,β-unsaturated/α-hetero) is 1. The van der Waals surface area contributed by atoms with Gasteiger partial charge < -0.3 is 15.2 Å². The molecule has 25 heavy (non-hydrogen) atoms. The third kappa shape index (κ3) is 4.81. The zero-order chi connectivity index (χ0) is 16.9. The molecular weight excluding hydrogens is 342 g/mol. The summed E-state index contributed by atoms with van der Waals surface area (Å²) in [5, 5.41) is 0. The van der Waals surface area contributed by atoms with Crippen molar-refractivity contribution >= 4 is 24.2 Å². The molecule has 2 N–H and O–H groups in total. The molecule has 5 nitrogen and oxygen atoms in total. The largest absolute Gasteiger partial charge is 0.482 e. The van der Waals surface area contributed by atoms with Crippen LogP contribution in [-0.4, -0.2) is 24.4 Å². The van der Waals surface area contributed by atoms with E-state index in [4.69, 9.17) is 15.2 Å². The summed E-state index contributed by atoms with van der Waals surface area (Å²) in [6, 6.07) is 14.2. The Morgan fingerprint density at radius 3 is 2.68 bits per heavy atom. The van der Waals surface area contributed by atoms with Crippen molar-refractivity contribution in [2.75, 3.05) is 6.61 Å². The van der Waals surface area contributed by atoms with Gasteiger partial charge in [0.05, 0.1) is 6.04 Å². The number of rotatable bonds is 5. The Morgan fingerprint density at radius 1 is 1.16 bits per heavy atom. The highest BCUT2D eigenvalue weighted by Gasteiger charge is 2.24. The van der Waals surface area contributed by atoms with Gasteiger partial charge in [-0.1, -0.05) is 30.3 Å². The molecule has 1 aliphatic carbocycles. The summed E-state index contributed by atoms with van der Waals surface area (Å²) in [5.74, 6) is 0.0772. The first kappa shape index (κ1) is 19.0. The number of hydrogen-bond donors (Lipinski definition) is 1. The Hall–Kier alpha value is -2.37. The fourth-order valence-electron chi connectivity index (χ4n) is 2.67. The van der Waals surface area contributed by atoms with E-state index in [0.29, 0.717) is 17.7 Å². The van der Waals surface area contributed by atoms with Gasteiger partial charge in [0, 0.05) is 5.56 Å². The normalized spacial score (nSPS) is 15.7. The number of carbonyl (C=O) groups is 2. The van der Waals surface area contributed by atoms with Gasteiger partial charge in [-0.15, -0.1) is 12.4 Å². The first-order valence-electron chi connectivity index (χ1n) is 7.88. The van der Waals surface area contributed by atoms with Crippen molar-refractivity contribution in [1.29, 1.82) is 0 Å². The second-order valence-electron chi connectivity index (χ2n) is 5.76. The van der Waals surface area contributed by atoms with Gasteiger partial charge >= 0.3 is 5.97 Å². The van der Waals surface area contributed by atoms with Crippen LogP contribution in [0.25, 0.3) is 0 Å². The van der Waals surface area contributed by atoms with Gasteiger partial charge in [-0.05, 0) is 42.2 Å². The van der Waals surface area contributed by atoms with Gasteiger partial charge in [-0.25, -0.2) is 4.79 Å². The Labute approximate surface area is 152 Å². The highest BCUT2D eigenvalue weighted by atomic mass is 35.5. The molecule has 0 saturated heterocycles. The van der Waals surface area contributed by atoms with Crippen LogP contribution in [0.2, 0.25) is 0 Å². The fraction of sp³-hybridized carbons (Fsp3) is 0.263. The molecular formula is C19H20ClNO4. The first-order chi connectivity index (χ1) is 11.6. The van der Waals surface area contributed by atoms with Crippen molar-refractivity contribution in [3.63, 3.8) is 0 Å². The summed E-state index contributed by atoms with van der Waals surface area (Å²) < 4.78 is 10.6. The van der Waals surface area contributed by atoms with E-state index in [-0.39, 0.29) is 31.4 Å². The van der Waals surface area contributed by atoms with Gasteiger partial charge in [0.25, 0.3) is 0 Å². The highest BCUT2D eigenvalue weighted by Crippen LogP contribution is 2.25. The van der Waals surface area contributed by atoms with Crippen LogP contribution < -0.4 is 10.5 Å². The number of halogens is 1. The lowest BCUT2D eigenvalue weighted by molar-refractivity contribution is -0.147. The van der Waals surface area contributed by atoms with E-state index in [0.717, 1.165) is 17.5 Å². The van der Waals surface area contributed by atoms with Gasteiger partial charge in [0.2, 0.25) is 0 Å². The molecule has 2 aromatic rings. The van der Waals surface area contributed by atoms with Crippen LogP contribution in [0.3, 0.4) is 0 Å². The van der Waals surface area contributed by atoms with Gasteiger partial charge in [0.1, 0.15) is 12.4 Å². The third-order valence-electron chi connectivity index (χ3n) is 4.00. The van der Waals surface area contributed by atoms with Crippen LogP contribution in [-0.2, 0) is 22.6 Å². The molecule has 6 heteroatoms. The van der Waals surface area contributed by atoms with Gasteiger partial charge in [-0.3, -0.25) is 4.79 Å². The lowest BCUT2D eigenvalue weighted by Gasteiger charge is -2.20. The minimum Gasteiger partial charge on any atom is -0.482 e. The van der Waals surface area contributed by atoms with E-state index in [9.17, 15) is 9.59 Å². The van der Waals surface area contributed by atoms with E-state index >= 15 is 0 Å². The van der Waals surface area contributed by atoms with Crippen molar-refractivity contribution in [2.24, 2.45) is 5.73 Å². The van der Waals surface area contributed by atoms with E-state index < -0.39 is 12.0 Å². The standard InChI is InChI=1S/C19H19NO4.ClH/c20-17-9-6-14-10-15(7-8-16(14)19(17)22)23-12-18(21)24-11-13-4-2-1-3-5-13;/h1-5,7-8,10,17H,6,9,11-12,20H2;1H. The summed E-state index contributed by atoms with van der Waals surface area (Å²) in [6.07, 6.45) is 1.37. The van der Waals surface area contributed by atoms with Crippen molar-refractivity contribution in [3.05, 3.63) is 65.2 Å². The number of hydrogen-bond acceptors (Lipinski definition) is 5. The molecule has 0 bridgehead atoms. The molecule has 0 saturated carbocycles. The molecule has 3 rings (SSSR count). The van der Waals surface area contributed by atoms with Crippen molar-refractivity contribution in [1.82, 2.24) is 0 Å². The van der Waals surface area contributed by atoms with Crippen LogP contribution in [0.15, 0.2) is 48.5 Å². The number of benzene rings is 2. The minimum absolute atomic E-state index is 0. The molecule has 1 aliphatic rings. The Balaban J connectivity index is 0.00000225. The predicted octanol–water partition coefficient (Wildman–Crippen LogP) is 2.69. The molecule has 0 fully saturated rings. The molecule has 1 unspecified atom stereocenters. The van der Waals surface area contributed by atoms with E-state index in [1.807, 2.05) is 30.3 Å². The lowest BCUT2D eigenvalue weighted by atomic mass is 9.87. The summed E-state index contributed by atoms with van der Waals surface area (Å²) in [7, 11) is 0. The SMILES string of the molecule is Cl.NC1CCc2cc(OCC(=O)OCc3ccccc3)ccc2C1=O. The molecule has 0 aromatic heterocycles. The summed E-state index contributed by atoms with van der Waals surface area (Å²) in [4.78, 5) is 23.7. The Bertz CT molecular complexity index is 748. The summed E-state index contributed by atoms with van der Waals surface area (Å²) in [6.45, 7) is 0.0543. The fourth-order valence-corrected chi connectivity index (χ4v) is 2.67. The van der Waals surface area contributed by atoms with Gasteiger partial charge in [0.15, 0.2) is 12.4 Å². The van der Waals surface area contributed by atoms with Crippen LogP contribution in [0.4, 0.5) is 0 Å². The number of ketones is 1. The van der Waals surface area contributed by atoms with Crippen LogP contribution in [0, 0.1) is 0 Å². The second kappa shape index (κ2) is 8.65. The van der Waals surface area contributed by atoms with Crippen molar-refractivity contribution in [3.8, 4) is 5.75 Å². The second-order valence-corrected chi connectivity index (χ2v) is 5.76. The van der Waals surface area contributed by atoms with Crippen LogP contribution in [0.1, 0.15) is 27.9 Å². The molecule has 132 valence electrons. The van der Waals surface area contributed by atoms with Gasteiger partial charge in [-0.2, -0.15) is 0 Å². The Morgan fingerprint density at radius 2 is 1.92 bits per heavy atom. The molecule has 0 heterocycles. The maximum Gasteiger partial charge on any atom is 0.344 e. The zero-order valence-corrected chi connectivity index (χ0v) is 14.5. The summed E-state index contributed by atoms with van der Waals surface area (Å²) in [5.41, 5.74) is 8.25. The number of aryl methyl sites for hydroxylation is 1. The van der Waals surface area contributed by atoms with E-state index in [2.05, 4.69) is 0 Å². The minimum atomic E-state index is -0.435. The number of fused-ring (bicyclic) bond motifs is 1. The van der Waals surface area contributed by atoms with Crippen molar-refractivity contribution in [2.45, 2.75) is 25.5 Å². The summed E-state index contributed by atoms with van der Waals surface area (Å²) >= 11 is 0. The van der Waals surface area contributed by atoms with E-state index in [1.165, 1.54) is 0 Å². The molecule has 0 radical (unpaired) electrons. The maximum atomic E-state index is 12.0. The van der Waals surface area contributed by atoms with Crippen LogP contribution in [0.5, 0.6) is 5.75 Å². The quantitative estimate of drug-likeness (QED) is 0.828. The topological polar surface area (TPSA) is 78.6 Å². The number of carbonyl (C=O) groups excluding carboxylic acids is 2. The first-order valence-corrected chi connectivity index (χ1v) is 7.88. The van der Waals surface area contributed by atoms with Crippen molar-refractivity contribution < 1.29 is 19.1 Å². The average molecular weight is 362 g/mol. The molecule has 2 aromatic carbocycles. The van der Waals surface area contributed by atoms with E-state index in [1.54, 1.807) is 18.2 Å². The number of nitrogens with two attached hydrogens (primary N) is 1. The lowest BCUT2D eigenvalue weighted by Crippen LogP contribution is -2.35. The highest BCUT2D eigenvalue weighted by molar-refractivity contribution is 6.02. The average Bonchev–Trinajstić information content (AvgIpc) is 2.62. The van der Waals surface area contributed by atoms with Crippen LogP contribution >= 0.6 is 12.4 Å². The maximum absolute atomic E-state index is 12.0. The molecule has 0 amide bonds. The smallest absolute Gasteiger partial charge is 0.344 e. The Kier molecular flexibility index (Phi) is 6.56.